The van der Waals surface area contributed by atoms with Gasteiger partial charge in [0, 0.05) is 102 Å². The Balaban J connectivity index is 0.766. The summed E-state index contributed by atoms with van der Waals surface area (Å²) in [5, 5.41) is 6.37. The van der Waals surface area contributed by atoms with Gasteiger partial charge in [-0.3, -0.25) is 28.8 Å². The van der Waals surface area contributed by atoms with Crippen molar-refractivity contribution in [1.29, 1.82) is 0 Å². The lowest BCUT2D eigenvalue weighted by Gasteiger charge is -2.46. The number of allylic oxidation sites excluding steroid dienone is 4. The molecule has 3 aliphatic heterocycles. The lowest BCUT2D eigenvalue weighted by molar-refractivity contribution is -0.155. The monoisotopic (exact) mass is 1230 g/mol. The summed E-state index contributed by atoms with van der Waals surface area (Å²) in [6, 6.07) is 12.0. The molecule has 1 spiro atoms. The van der Waals surface area contributed by atoms with Crippen LogP contribution in [0.4, 0.5) is 21.0 Å². The van der Waals surface area contributed by atoms with E-state index in [0.717, 1.165) is 82.7 Å². The maximum Gasteiger partial charge on any atom is 0.410 e. The summed E-state index contributed by atoms with van der Waals surface area (Å²) in [6.45, 7) is 16.7. The van der Waals surface area contributed by atoms with Gasteiger partial charge >= 0.3 is 12.2 Å². The van der Waals surface area contributed by atoms with Gasteiger partial charge in [-0.25, -0.2) is 9.59 Å². The van der Waals surface area contributed by atoms with Gasteiger partial charge in [0.05, 0.1) is 30.4 Å². The molecule has 19 nitrogen and oxygen atoms in total. The number of nitrogens with zero attached hydrogens (tertiary/aromatic N) is 5. The van der Waals surface area contributed by atoms with E-state index in [4.69, 9.17) is 18.9 Å². The molecule has 3 saturated heterocycles. The predicted octanol–water partition coefficient (Wildman–Crippen LogP) is 10.6. The number of epoxide rings is 1. The van der Waals surface area contributed by atoms with Crippen molar-refractivity contribution in [3.05, 3.63) is 82.0 Å². The lowest BCUT2D eigenvalue weighted by Crippen LogP contribution is -2.68. The van der Waals surface area contributed by atoms with Crippen LogP contribution in [-0.2, 0) is 38.1 Å². The lowest BCUT2D eigenvalue weighted by atomic mass is 9.58. The van der Waals surface area contributed by atoms with Crippen LogP contribution in [0.5, 0.6) is 0 Å². The summed E-state index contributed by atoms with van der Waals surface area (Å²) < 4.78 is 23.9. The van der Waals surface area contributed by atoms with E-state index >= 15 is 4.79 Å². The minimum Gasteiger partial charge on any atom is -0.444 e. The van der Waals surface area contributed by atoms with Crippen LogP contribution in [0.15, 0.2) is 65.3 Å². The fraction of sp³-hybridized carbons (Fsp3) is 0.657. The summed E-state index contributed by atoms with van der Waals surface area (Å²) in [4.78, 5) is 116. The van der Waals surface area contributed by atoms with E-state index in [0.29, 0.717) is 86.9 Å². The molecule has 2 N–H and O–H groups in total. The highest BCUT2D eigenvalue weighted by Crippen LogP contribution is 2.68. The van der Waals surface area contributed by atoms with E-state index in [9.17, 15) is 33.6 Å². The van der Waals surface area contributed by atoms with Crippen molar-refractivity contribution in [3.63, 3.8) is 0 Å². The van der Waals surface area contributed by atoms with Crippen molar-refractivity contribution in [2.75, 3.05) is 89.4 Å². The predicted molar refractivity (Wildman–Crippen MR) is 341 cm³/mol. The van der Waals surface area contributed by atoms with E-state index in [-0.39, 0.29) is 80.5 Å². The van der Waals surface area contributed by atoms with Crippen LogP contribution in [0.1, 0.15) is 197 Å². The molecule has 4 aliphatic carbocycles. The molecule has 3 heterocycles. The molecular weight excluding hydrogens is 1130 g/mol. The highest BCUT2D eigenvalue weighted by Gasteiger charge is 2.70. The van der Waals surface area contributed by atoms with Crippen LogP contribution in [0.3, 0.4) is 0 Å². The van der Waals surface area contributed by atoms with Crippen molar-refractivity contribution in [3.8, 4) is 0 Å². The van der Waals surface area contributed by atoms with E-state index in [2.05, 4.69) is 39.8 Å². The number of ether oxygens (including phenoxy) is 4. The van der Waals surface area contributed by atoms with Gasteiger partial charge < -0.3 is 54.1 Å². The third-order valence-corrected chi connectivity index (χ3v) is 19.1. The van der Waals surface area contributed by atoms with Crippen LogP contribution >= 0.6 is 0 Å². The molecule has 0 bridgehead atoms. The highest BCUT2D eigenvalue weighted by atomic mass is 16.6. The van der Waals surface area contributed by atoms with E-state index in [1.165, 1.54) is 51.7 Å². The molecule has 5 fully saturated rings. The van der Waals surface area contributed by atoms with Crippen LogP contribution < -0.4 is 15.5 Å². The third kappa shape index (κ3) is 16.5. The van der Waals surface area contributed by atoms with Crippen LogP contribution in [0.2, 0.25) is 0 Å². The number of hydrogen-bond donors (Lipinski definition) is 2. The Hall–Kier alpha value is -6.60. The fourth-order valence-corrected chi connectivity index (χ4v) is 14.8. The number of benzene rings is 2. The Morgan fingerprint density at radius 1 is 0.697 bits per heavy atom. The Labute approximate surface area is 527 Å². The van der Waals surface area contributed by atoms with Crippen molar-refractivity contribution in [2.24, 2.45) is 11.8 Å². The number of amides is 5. The Morgan fingerprint density at radius 3 is 1.98 bits per heavy atom. The molecule has 9 rings (SSSR count). The second kappa shape index (κ2) is 29.1. The number of carbonyl (C=O) groups excluding carboxylic acids is 8. The minimum absolute atomic E-state index is 0.0118. The Bertz CT molecular complexity index is 3000. The first kappa shape index (κ1) is 66.8. The maximum absolute atomic E-state index is 15.2. The number of piperazine rings is 2. The summed E-state index contributed by atoms with van der Waals surface area (Å²) in [5.41, 5.74) is 6.51. The summed E-state index contributed by atoms with van der Waals surface area (Å²) in [5.74, 6) is 0.145. The van der Waals surface area contributed by atoms with Crippen molar-refractivity contribution in [2.45, 2.75) is 205 Å². The number of ketones is 3. The molecule has 7 atom stereocenters. The number of hydrogen-bond acceptors (Lipinski definition) is 14. The summed E-state index contributed by atoms with van der Waals surface area (Å²) in [7, 11) is 2.02. The third-order valence-electron chi connectivity index (χ3n) is 19.1. The normalized spacial score (nSPS) is 24.0. The number of nitrogens with one attached hydrogen (secondary N) is 2. The zero-order valence-electron chi connectivity index (χ0n) is 54.5. The summed E-state index contributed by atoms with van der Waals surface area (Å²) >= 11 is 0. The van der Waals surface area contributed by atoms with E-state index in [1.807, 2.05) is 19.2 Å². The first-order chi connectivity index (χ1) is 42.4. The topological polar surface area (TPSA) is 217 Å². The molecule has 486 valence electrons. The van der Waals surface area contributed by atoms with Crippen molar-refractivity contribution < 1.29 is 57.3 Å². The smallest absolute Gasteiger partial charge is 0.410 e. The molecule has 2 saturated carbocycles. The Morgan fingerprint density at radius 2 is 1.34 bits per heavy atom. The molecule has 2 aromatic rings. The first-order valence-electron chi connectivity index (χ1n) is 33.2. The number of carbonyl (C=O) groups is 8. The van der Waals surface area contributed by atoms with Gasteiger partial charge in [0.2, 0.25) is 17.7 Å². The molecule has 7 aliphatic rings. The van der Waals surface area contributed by atoms with Gasteiger partial charge in [-0.15, -0.1) is 0 Å². The molecule has 89 heavy (non-hydrogen) atoms. The maximum atomic E-state index is 15.2. The minimum atomic E-state index is -1.11. The quantitative estimate of drug-likeness (QED) is 0.0537. The van der Waals surface area contributed by atoms with Gasteiger partial charge in [-0.1, -0.05) is 55.5 Å². The molecule has 2 aromatic carbocycles. The molecule has 0 aromatic heterocycles. The van der Waals surface area contributed by atoms with Crippen LogP contribution in [0, 0.1) is 11.8 Å². The van der Waals surface area contributed by atoms with Gasteiger partial charge in [0.25, 0.3) is 0 Å². The number of fused-ring (bicyclic) bond motifs is 3. The second-order valence-electron chi connectivity index (χ2n) is 27.8. The number of Topliss-reactive ketones (excluding diaryl/α,β-unsaturated/α-hetero) is 2. The molecule has 7 unspecified atom stereocenters. The van der Waals surface area contributed by atoms with Gasteiger partial charge in [0.15, 0.2) is 17.3 Å². The average Bonchev–Trinajstić information content (AvgIpc) is 1.54. The SMILES string of the molecule is CC(=O)c1cccc(NCCCCCCOCCCCCCNC(=O)C2CN(C(=O)OC(C)(C)C)CCN2C(=O)C2CN(C(=O)OC(C)(C)C)CCN2C(=O)CCCN(C)c2ccc(C3CC45OC4CCC5C4CCC5=CC(=O)CCC5=C34)cc2)c1C(C)=O. The fourth-order valence-electron chi connectivity index (χ4n) is 14.8. The number of unbranched alkanes of at least 4 members (excludes halogenated alkanes) is 6. The van der Waals surface area contributed by atoms with E-state index < -0.39 is 47.3 Å². The van der Waals surface area contributed by atoms with Crippen LogP contribution in [0.25, 0.3) is 0 Å². The number of anilines is 2. The van der Waals surface area contributed by atoms with Gasteiger partial charge in [-0.2, -0.15) is 0 Å². The highest BCUT2D eigenvalue weighted by molar-refractivity contribution is 6.10. The standard InChI is InChI=1S/C70H99N7O12/c1-46(78)52-20-18-21-57(62(52)47(2)79)71-33-14-10-12-16-40-86-41-17-13-11-15-34-72-64(82)58-44-74(66(84)88-68(3,4)5)37-39-77(58)65(83)59-45-75(67(85)89-69(6,7)8)36-38-76(59)61(81)22-19-35-73(9)50-26-23-48(24-27-50)55-43-70-56(31-32-60(70)87-70)54-29-25-49-42-51(80)28-30-53(49)63(54)55/h18,20-21,23-24,26-27,42,54-56,58-60,71H,10-17,19,22,25,28-41,43-45H2,1-9H3,(H,72,82). The molecule has 5 amide bonds. The second-order valence-corrected chi connectivity index (χ2v) is 27.8. The van der Waals surface area contributed by atoms with Gasteiger partial charge in [-0.05, 0) is 179 Å². The summed E-state index contributed by atoms with van der Waals surface area (Å²) in [6.07, 6.45) is 15.7. The van der Waals surface area contributed by atoms with Crippen molar-refractivity contribution >= 4 is 58.6 Å². The molecule has 0 radical (unpaired) electrons. The zero-order chi connectivity index (χ0) is 63.8. The van der Waals surface area contributed by atoms with Gasteiger partial charge in [0.1, 0.15) is 23.3 Å². The van der Waals surface area contributed by atoms with E-state index in [1.54, 1.807) is 64.1 Å². The molecular formula is C70H99N7O12. The largest absolute Gasteiger partial charge is 0.444 e. The van der Waals surface area contributed by atoms with Crippen LogP contribution in [-0.4, -0.2) is 181 Å². The van der Waals surface area contributed by atoms with Crippen molar-refractivity contribution in [1.82, 2.24) is 24.9 Å². The zero-order valence-corrected chi connectivity index (χ0v) is 54.5. The first-order valence-corrected chi connectivity index (χ1v) is 33.2. The Kier molecular flexibility index (Phi) is 21.9. The average molecular weight is 1230 g/mol. The number of rotatable bonds is 25. The molecule has 19 heteroatoms.